The van der Waals surface area contributed by atoms with Crippen molar-refractivity contribution in [3.8, 4) is 0 Å². The Morgan fingerprint density at radius 1 is 1.35 bits per heavy atom. The molecule has 3 rings (SSSR count). The zero-order chi connectivity index (χ0) is 14.1. The second-order valence-corrected chi connectivity index (χ2v) is 6.55. The van der Waals surface area contributed by atoms with E-state index in [1.807, 2.05) is 6.20 Å². The summed E-state index contributed by atoms with van der Waals surface area (Å²) in [4.78, 5) is 11.9. The third kappa shape index (κ3) is 2.95. The van der Waals surface area contributed by atoms with Crippen LogP contribution in [0.4, 0.5) is 5.69 Å². The molecule has 110 valence electrons. The highest BCUT2D eigenvalue weighted by Gasteiger charge is 2.26. The molecule has 1 aromatic heterocycles. The van der Waals surface area contributed by atoms with Crippen molar-refractivity contribution in [2.75, 3.05) is 11.4 Å². The van der Waals surface area contributed by atoms with Crippen LogP contribution in [0.5, 0.6) is 0 Å². The van der Waals surface area contributed by atoms with Gasteiger partial charge in [0, 0.05) is 31.1 Å². The van der Waals surface area contributed by atoms with Crippen LogP contribution in [-0.2, 0) is 6.54 Å². The van der Waals surface area contributed by atoms with E-state index >= 15 is 0 Å². The van der Waals surface area contributed by atoms with Crippen molar-refractivity contribution >= 4 is 5.69 Å². The van der Waals surface area contributed by atoms with Crippen LogP contribution in [0, 0.1) is 0 Å². The number of aromatic nitrogens is 2. The summed E-state index contributed by atoms with van der Waals surface area (Å²) in [6.45, 7) is 8.64. The van der Waals surface area contributed by atoms with Crippen LogP contribution >= 0.6 is 0 Å². The van der Waals surface area contributed by atoms with E-state index in [2.05, 4.69) is 36.0 Å². The first kappa shape index (κ1) is 13.8. The SMILES string of the molecule is CC(C)c1ncc(N2CCCC2C)c(CNC2CC2)n1. The Morgan fingerprint density at radius 2 is 2.15 bits per heavy atom. The number of rotatable bonds is 5. The molecule has 1 aliphatic carbocycles. The molecule has 2 aliphatic rings. The van der Waals surface area contributed by atoms with E-state index < -0.39 is 0 Å². The first-order valence-corrected chi connectivity index (χ1v) is 8.01. The van der Waals surface area contributed by atoms with Crippen LogP contribution in [0.3, 0.4) is 0 Å². The van der Waals surface area contributed by atoms with Crippen molar-refractivity contribution in [3.63, 3.8) is 0 Å². The highest BCUT2D eigenvalue weighted by Crippen LogP contribution is 2.29. The molecule has 2 fully saturated rings. The van der Waals surface area contributed by atoms with Gasteiger partial charge in [-0.2, -0.15) is 0 Å². The van der Waals surface area contributed by atoms with E-state index in [0.29, 0.717) is 12.0 Å². The first-order valence-electron chi connectivity index (χ1n) is 8.01. The van der Waals surface area contributed by atoms with E-state index in [1.54, 1.807) is 0 Å². The summed E-state index contributed by atoms with van der Waals surface area (Å²) in [5, 5.41) is 3.60. The van der Waals surface area contributed by atoms with Gasteiger partial charge in [0.25, 0.3) is 0 Å². The van der Waals surface area contributed by atoms with Gasteiger partial charge in [-0.25, -0.2) is 9.97 Å². The lowest BCUT2D eigenvalue weighted by Gasteiger charge is -2.26. The van der Waals surface area contributed by atoms with Gasteiger partial charge in [0.2, 0.25) is 0 Å². The first-order chi connectivity index (χ1) is 9.65. The molecule has 20 heavy (non-hydrogen) atoms. The molecule has 0 aromatic carbocycles. The van der Waals surface area contributed by atoms with Crippen LogP contribution in [0.1, 0.15) is 63.9 Å². The summed E-state index contributed by atoms with van der Waals surface area (Å²) in [7, 11) is 0. The van der Waals surface area contributed by atoms with Crippen LogP contribution in [0.15, 0.2) is 6.20 Å². The zero-order valence-corrected chi connectivity index (χ0v) is 12.9. The normalized spacial score (nSPS) is 22.8. The average molecular weight is 274 g/mol. The number of hydrogen-bond donors (Lipinski definition) is 1. The molecular formula is C16H26N4. The molecule has 0 amide bonds. The molecule has 1 atom stereocenters. The molecular weight excluding hydrogens is 248 g/mol. The van der Waals surface area contributed by atoms with Crippen LogP contribution in [0.2, 0.25) is 0 Å². The Balaban J connectivity index is 1.85. The summed E-state index contributed by atoms with van der Waals surface area (Å²) < 4.78 is 0. The Kier molecular flexibility index (Phi) is 3.92. The second-order valence-electron chi connectivity index (χ2n) is 6.55. The van der Waals surface area contributed by atoms with Gasteiger partial charge in [-0.1, -0.05) is 13.8 Å². The molecule has 1 saturated heterocycles. The molecule has 0 bridgehead atoms. The van der Waals surface area contributed by atoms with E-state index in [-0.39, 0.29) is 0 Å². The van der Waals surface area contributed by atoms with Crippen molar-refractivity contribution in [1.82, 2.24) is 15.3 Å². The minimum atomic E-state index is 0.389. The fourth-order valence-corrected chi connectivity index (χ4v) is 2.89. The predicted octanol–water partition coefficient (Wildman–Crippen LogP) is 2.84. The van der Waals surface area contributed by atoms with Crippen LogP contribution in [-0.4, -0.2) is 28.6 Å². The fraction of sp³-hybridized carbons (Fsp3) is 0.750. The lowest BCUT2D eigenvalue weighted by Crippen LogP contribution is -2.29. The molecule has 1 N–H and O–H groups in total. The quantitative estimate of drug-likeness (QED) is 0.896. The van der Waals surface area contributed by atoms with Gasteiger partial charge in [0.05, 0.1) is 17.6 Å². The maximum Gasteiger partial charge on any atom is 0.131 e. The minimum Gasteiger partial charge on any atom is -0.366 e. The second kappa shape index (κ2) is 5.68. The van der Waals surface area contributed by atoms with Crippen molar-refractivity contribution in [3.05, 3.63) is 17.7 Å². The van der Waals surface area contributed by atoms with E-state index in [9.17, 15) is 0 Å². The number of nitrogens with one attached hydrogen (secondary N) is 1. The van der Waals surface area contributed by atoms with Gasteiger partial charge >= 0.3 is 0 Å². The summed E-state index contributed by atoms with van der Waals surface area (Å²) in [5.74, 6) is 1.35. The van der Waals surface area contributed by atoms with Crippen molar-refractivity contribution in [1.29, 1.82) is 0 Å². The predicted molar refractivity (Wildman–Crippen MR) is 82.0 cm³/mol. The standard InChI is InChI=1S/C16H26N4/c1-11(2)16-18-10-15(20-8-4-5-12(20)3)14(19-16)9-17-13-6-7-13/h10-13,17H,4-9H2,1-3H3. The highest BCUT2D eigenvalue weighted by molar-refractivity contribution is 5.51. The third-order valence-corrected chi connectivity index (χ3v) is 4.38. The van der Waals surface area contributed by atoms with E-state index in [1.165, 1.54) is 37.1 Å². The number of anilines is 1. The molecule has 4 heteroatoms. The van der Waals surface area contributed by atoms with Crippen molar-refractivity contribution in [2.45, 2.75) is 71.0 Å². The van der Waals surface area contributed by atoms with Crippen LogP contribution < -0.4 is 10.2 Å². The largest absolute Gasteiger partial charge is 0.366 e. The molecule has 1 saturated carbocycles. The van der Waals surface area contributed by atoms with Crippen LogP contribution in [0.25, 0.3) is 0 Å². The lowest BCUT2D eigenvalue weighted by atomic mass is 10.2. The Morgan fingerprint density at radius 3 is 2.75 bits per heavy atom. The van der Waals surface area contributed by atoms with Gasteiger partial charge < -0.3 is 10.2 Å². The average Bonchev–Trinajstić information content (AvgIpc) is 3.17. The van der Waals surface area contributed by atoms with Gasteiger partial charge in [-0.05, 0) is 32.6 Å². The minimum absolute atomic E-state index is 0.389. The number of nitrogens with zero attached hydrogens (tertiary/aromatic N) is 3. The van der Waals surface area contributed by atoms with E-state index in [4.69, 9.17) is 4.98 Å². The van der Waals surface area contributed by atoms with Gasteiger partial charge in [-0.3, -0.25) is 0 Å². The monoisotopic (exact) mass is 274 g/mol. The summed E-state index contributed by atoms with van der Waals surface area (Å²) >= 11 is 0. The molecule has 0 spiro atoms. The van der Waals surface area contributed by atoms with E-state index in [0.717, 1.165) is 25.0 Å². The maximum absolute atomic E-state index is 4.84. The Bertz CT molecular complexity index is 468. The van der Waals surface area contributed by atoms with Gasteiger partial charge in [0.1, 0.15) is 5.82 Å². The topological polar surface area (TPSA) is 41.1 Å². The molecule has 1 aliphatic heterocycles. The number of hydrogen-bond acceptors (Lipinski definition) is 4. The van der Waals surface area contributed by atoms with Gasteiger partial charge in [0.15, 0.2) is 0 Å². The summed E-state index contributed by atoms with van der Waals surface area (Å²) in [6, 6.07) is 1.33. The fourth-order valence-electron chi connectivity index (χ4n) is 2.89. The van der Waals surface area contributed by atoms with Crippen molar-refractivity contribution < 1.29 is 0 Å². The Labute approximate surface area is 122 Å². The van der Waals surface area contributed by atoms with Gasteiger partial charge in [-0.15, -0.1) is 0 Å². The Hall–Kier alpha value is -1.16. The highest BCUT2D eigenvalue weighted by atomic mass is 15.2. The maximum atomic E-state index is 4.84. The molecule has 1 unspecified atom stereocenters. The molecule has 0 radical (unpaired) electrons. The summed E-state index contributed by atoms with van der Waals surface area (Å²) in [6.07, 6.45) is 7.24. The molecule has 1 aromatic rings. The molecule has 4 nitrogen and oxygen atoms in total. The molecule has 2 heterocycles. The third-order valence-electron chi connectivity index (χ3n) is 4.38. The zero-order valence-electron chi connectivity index (χ0n) is 12.9. The smallest absolute Gasteiger partial charge is 0.131 e. The lowest BCUT2D eigenvalue weighted by molar-refractivity contribution is 0.649. The summed E-state index contributed by atoms with van der Waals surface area (Å²) in [5.41, 5.74) is 2.43. The van der Waals surface area contributed by atoms with Crippen molar-refractivity contribution in [2.24, 2.45) is 0 Å².